The van der Waals surface area contributed by atoms with Crippen LogP contribution in [-0.2, 0) is 7.05 Å². The normalized spacial score (nSPS) is 10.6. The van der Waals surface area contributed by atoms with Crippen molar-refractivity contribution in [2.24, 2.45) is 7.05 Å². The second-order valence-corrected chi connectivity index (χ2v) is 5.34. The first-order valence-corrected chi connectivity index (χ1v) is 7.13. The van der Waals surface area contributed by atoms with Crippen LogP contribution in [0.25, 0.3) is 22.4 Å². The summed E-state index contributed by atoms with van der Waals surface area (Å²) in [4.78, 5) is 11.2. The first kappa shape index (κ1) is 14.1. The lowest BCUT2D eigenvalue weighted by molar-refractivity contribution is 0.0696. The molecule has 3 heteroatoms. The molecule has 0 atom stereocenters. The zero-order chi connectivity index (χ0) is 15.7. The molecule has 0 radical (unpaired) electrons. The summed E-state index contributed by atoms with van der Waals surface area (Å²) in [5.74, 6) is -0.889. The lowest BCUT2D eigenvalue weighted by atomic mass is 10.0. The molecule has 22 heavy (non-hydrogen) atoms. The Balaban J connectivity index is 2.00. The Labute approximate surface area is 129 Å². The summed E-state index contributed by atoms with van der Waals surface area (Å²) in [5, 5.41) is 9.23. The number of aromatic carboxylic acids is 1. The second kappa shape index (κ2) is 5.53. The van der Waals surface area contributed by atoms with Crippen LogP contribution in [0.3, 0.4) is 0 Å². The van der Waals surface area contributed by atoms with Crippen LogP contribution >= 0.6 is 0 Å². The van der Waals surface area contributed by atoms with Gasteiger partial charge in [0, 0.05) is 18.4 Å². The number of aromatic nitrogens is 1. The summed E-state index contributed by atoms with van der Waals surface area (Å²) in [6, 6.07) is 20.1. The number of hydrogen-bond donors (Lipinski definition) is 1. The zero-order valence-electron chi connectivity index (χ0n) is 12.6. The van der Waals surface area contributed by atoms with Gasteiger partial charge in [-0.3, -0.25) is 0 Å². The highest BCUT2D eigenvalue weighted by atomic mass is 16.4. The van der Waals surface area contributed by atoms with Crippen molar-refractivity contribution in [2.45, 2.75) is 6.92 Å². The number of carboxylic acids is 1. The van der Waals surface area contributed by atoms with E-state index in [1.54, 1.807) is 6.07 Å². The highest BCUT2D eigenvalue weighted by Crippen LogP contribution is 2.27. The van der Waals surface area contributed by atoms with Gasteiger partial charge < -0.3 is 9.67 Å². The molecular formula is C19H17NO2. The minimum Gasteiger partial charge on any atom is -0.478 e. The molecule has 1 heterocycles. The Hall–Kier alpha value is -2.81. The molecule has 110 valence electrons. The van der Waals surface area contributed by atoms with Crippen molar-refractivity contribution in [1.82, 2.24) is 4.57 Å². The van der Waals surface area contributed by atoms with E-state index < -0.39 is 5.97 Å². The van der Waals surface area contributed by atoms with Crippen LogP contribution in [0, 0.1) is 6.92 Å². The van der Waals surface area contributed by atoms with Gasteiger partial charge in [-0.1, -0.05) is 54.6 Å². The van der Waals surface area contributed by atoms with Crippen molar-refractivity contribution in [3.8, 4) is 22.4 Å². The van der Waals surface area contributed by atoms with E-state index in [4.69, 9.17) is 0 Å². The Morgan fingerprint density at radius 3 is 2.00 bits per heavy atom. The maximum atomic E-state index is 11.2. The molecule has 0 aliphatic heterocycles. The maximum Gasteiger partial charge on any atom is 0.337 e. The molecule has 3 aromatic rings. The molecule has 3 rings (SSSR count). The van der Waals surface area contributed by atoms with Gasteiger partial charge in [-0.05, 0) is 29.7 Å². The van der Waals surface area contributed by atoms with Crippen molar-refractivity contribution < 1.29 is 9.90 Å². The first-order chi connectivity index (χ1) is 10.6. The number of hydrogen-bond acceptors (Lipinski definition) is 1. The topological polar surface area (TPSA) is 42.2 Å². The van der Waals surface area contributed by atoms with E-state index in [9.17, 15) is 9.90 Å². The largest absolute Gasteiger partial charge is 0.478 e. The van der Waals surface area contributed by atoms with Crippen LogP contribution in [0.2, 0.25) is 0 Å². The first-order valence-electron chi connectivity index (χ1n) is 7.13. The van der Waals surface area contributed by atoms with Crippen molar-refractivity contribution in [2.75, 3.05) is 0 Å². The average Bonchev–Trinajstić information content (AvgIpc) is 2.85. The Bertz CT molecular complexity index is 815. The van der Waals surface area contributed by atoms with Crippen LogP contribution in [0.5, 0.6) is 0 Å². The van der Waals surface area contributed by atoms with Gasteiger partial charge in [0.05, 0.1) is 5.56 Å². The molecule has 0 unspecified atom stereocenters. The van der Waals surface area contributed by atoms with E-state index in [-0.39, 0.29) is 0 Å². The highest BCUT2D eigenvalue weighted by Gasteiger charge is 2.15. The lowest BCUT2D eigenvalue weighted by Gasteiger charge is -2.07. The molecule has 0 bridgehead atoms. The molecule has 0 fully saturated rings. The molecule has 1 N–H and O–H groups in total. The molecule has 0 aliphatic rings. The SMILES string of the molecule is Cc1c(C(=O)O)cc(-c2ccc(-c3ccccc3)cc2)n1C. The smallest absolute Gasteiger partial charge is 0.337 e. The molecule has 0 spiro atoms. The predicted molar refractivity (Wildman–Crippen MR) is 88.0 cm³/mol. The minimum atomic E-state index is -0.889. The van der Waals surface area contributed by atoms with Gasteiger partial charge in [0.25, 0.3) is 0 Å². The molecule has 0 amide bonds. The van der Waals surface area contributed by atoms with E-state index in [0.29, 0.717) is 5.56 Å². The highest BCUT2D eigenvalue weighted by molar-refractivity contribution is 5.91. The number of carboxylic acid groups (broad SMARTS) is 1. The third kappa shape index (κ3) is 2.42. The van der Waals surface area contributed by atoms with Gasteiger partial charge in [0.2, 0.25) is 0 Å². The van der Waals surface area contributed by atoms with Crippen molar-refractivity contribution in [3.05, 3.63) is 71.9 Å². The maximum absolute atomic E-state index is 11.2. The second-order valence-electron chi connectivity index (χ2n) is 5.34. The van der Waals surface area contributed by atoms with E-state index in [0.717, 1.165) is 22.5 Å². The molecule has 0 saturated carbocycles. The van der Waals surface area contributed by atoms with Crippen molar-refractivity contribution >= 4 is 5.97 Å². The van der Waals surface area contributed by atoms with Crippen LogP contribution in [-0.4, -0.2) is 15.6 Å². The zero-order valence-corrected chi connectivity index (χ0v) is 12.6. The monoisotopic (exact) mass is 291 g/mol. The molecule has 0 aliphatic carbocycles. The fraction of sp³-hybridized carbons (Fsp3) is 0.105. The molecule has 1 aromatic heterocycles. The Morgan fingerprint density at radius 1 is 0.909 bits per heavy atom. The predicted octanol–water partition coefficient (Wildman–Crippen LogP) is 4.37. The van der Waals surface area contributed by atoms with Crippen molar-refractivity contribution in [3.63, 3.8) is 0 Å². The van der Waals surface area contributed by atoms with Crippen LogP contribution in [0.15, 0.2) is 60.7 Å². The Morgan fingerprint density at radius 2 is 1.45 bits per heavy atom. The fourth-order valence-electron chi connectivity index (χ4n) is 2.66. The van der Waals surface area contributed by atoms with Gasteiger partial charge in [-0.25, -0.2) is 4.79 Å². The standard InChI is InChI=1S/C19H17NO2/c1-13-17(19(21)22)12-18(20(13)2)16-10-8-15(9-11-16)14-6-4-3-5-7-14/h3-12H,1-2H3,(H,21,22). The van der Waals surface area contributed by atoms with Crippen LogP contribution in [0.4, 0.5) is 0 Å². The van der Waals surface area contributed by atoms with E-state index in [1.807, 2.05) is 48.9 Å². The summed E-state index contributed by atoms with van der Waals surface area (Å²) in [5.41, 5.74) is 5.35. The van der Waals surface area contributed by atoms with Gasteiger partial charge >= 0.3 is 5.97 Å². The van der Waals surface area contributed by atoms with Crippen molar-refractivity contribution in [1.29, 1.82) is 0 Å². The van der Waals surface area contributed by atoms with Crippen LogP contribution in [0.1, 0.15) is 16.1 Å². The van der Waals surface area contributed by atoms with Gasteiger partial charge in [0.1, 0.15) is 0 Å². The summed E-state index contributed by atoms with van der Waals surface area (Å²) < 4.78 is 1.92. The summed E-state index contributed by atoms with van der Waals surface area (Å²) in [6.07, 6.45) is 0. The van der Waals surface area contributed by atoms with E-state index in [2.05, 4.69) is 24.3 Å². The Kier molecular flexibility index (Phi) is 3.55. The summed E-state index contributed by atoms with van der Waals surface area (Å²) in [6.45, 7) is 1.82. The minimum absolute atomic E-state index is 0.352. The molecule has 2 aromatic carbocycles. The third-order valence-electron chi connectivity index (χ3n) is 4.05. The quantitative estimate of drug-likeness (QED) is 0.778. The number of carbonyl (C=O) groups is 1. The van der Waals surface area contributed by atoms with E-state index in [1.165, 1.54) is 5.56 Å². The van der Waals surface area contributed by atoms with Gasteiger partial charge in [-0.2, -0.15) is 0 Å². The van der Waals surface area contributed by atoms with E-state index >= 15 is 0 Å². The molecule has 3 nitrogen and oxygen atoms in total. The lowest BCUT2D eigenvalue weighted by Crippen LogP contribution is -1.99. The third-order valence-corrected chi connectivity index (χ3v) is 4.05. The number of benzene rings is 2. The average molecular weight is 291 g/mol. The molecular weight excluding hydrogens is 274 g/mol. The molecule has 0 saturated heterocycles. The number of rotatable bonds is 3. The fourth-order valence-corrected chi connectivity index (χ4v) is 2.66. The van der Waals surface area contributed by atoms with Gasteiger partial charge in [0.15, 0.2) is 0 Å². The summed E-state index contributed by atoms with van der Waals surface area (Å²) in [7, 11) is 1.89. The van der Waals surface area contributed by atoms with Gasteiger partial charge in [-0.15, -0.1) is 0 Å². The summed E-state index contributed by atoms with van der Waals surface area (Å²) >= 11 is 0. The number of nitrogens with zero attached hydrogens (tertiary/aromatic N) is 1. The van der Waals surface area contributed by atoms with Crippen LogP contribution < -0.4 is 0 Å².